The monoisotopic (exact) mass is 416 g/mol. The van der Waals surface area contributed by atoms with Gasteiger partial charge in [-0.25, -0.2) is 9.97 Å². The van der Waals surface area contributed by atoms with Gasteiger partial charge < -0.3 is 24.5 Å². The number of ether oxygens (including phenoxy) is 2. The number of aromatic nitrogens is 2. The van der Waals surface area contributed by atoms with Gasteiger partial charge in [-0.3, -0.25) is 0 Å². The van der Waals surface area contributed by atoms with Crippen molar-refractivity contribution in [3.8, 4) is 28.8 Å². The summed E-state index contributed by atoms with van der Waals surface area (Å²) in [6.45, 7) is 0.114. The summed E-state index contributed by atoms with van der Waals surface area (Å²) in [5, 5.41) is 3.92. The molecule has 0 saturated heterocycles. The Bertz CT molecular complexity index is 1140. The van der Waals surface area contributed by atoms with Gasteiger partial charge in [0.2, 0.25) is 11.8 Å². The summed E-state index contributed by atoms with van der Waals surface area (Å²) in [5.74, 6) is 2.60. The van der Waals surface area contributed by atoms with Crippen LogP contribution in [0.25, 0.3) is 11.5 Å². The van der Waals surface area contributed by atoms with Crippen LogP contribution in [-0.2, 0) is 11.4 Å². The Morgan fingerprint density at radius 2 is 1.81 bits per heavy atom. The molecule has 8 nitrogen and oxygen atoms in total. The van der Waals surface area contributed by atoms with Crippen LogP contribution in [0.15, 0.2) is 88.8 Å². The van der Waals surface area contributed by atoms with Crippen LogP contribution >= 0.6 is 0 Å². The Kier molecular flexibility index (Phi) is 6.08. The predicted octanol–water partition coefficient (Wildman–Crippen LogP) is 4.37. The molecule has 0 atom stereocenters. The van der Waals surface area contributed by atoms with Gasteiger partial charge in [0.05, 0.1) is 7.11 Å². The number of para-hydroxylation sites is 1. The maximum absolute atomic E-state index is 5.97. The number of amidine groups is 1. The summed E-state index contributed by atoms with van der Waals surface area (Å²) in [4.78, 5) is 13.9. The second-order valence-corrected chi connectivity index (χ2v) is 6.42. The van der Waals surface area contributed by atoms with Crippen molar-refractivity contribution in [2.75, 3.05) is 7.11 Å². The highest BCUT2D eigenvalue weighted by molar-refractivity contribution is 5.96. The third-order valence-corrected chi connectivity index (χ3v) is 4.26. The third-order valence-electron chi connectivity index (χ3n) is 4.26. The van der Waals surface area contributed by atoms with Crippen molar-refractivity contribution in [3.05, 3.63) is 90.4 Å². The van der Waals surface area contributed by atoms with Crippen molar-refractivity contribution in [1.82, 2.24) is 9.97 Å². The van der Waals surface area contributed by atoms with E-state index in [0.717, 1.165) is 11.3 Å². The smallest absolute Gasteiger partial charge is 0.226 e. The van der Waals surface area contributed by atoms with Crippen molar-refractivity contribution in [1.29, 1.82) is 0 Å². The number of pyridine rings is 1. The molecule has 4 rings (SSSR count). The van der Waals surface area contributed by atoms with Gasteiger partial charge in [-0.05, 0) is 42.5 Å². The third kappa shape index (κ3) is 5.18. The number of nitrogens with two attached hydrogens (primary N) is 1. The van der Waals surface area contributed by atoms with Gasteiger partial charge in [0, 0.05) is 23.4 Å². The minimum atomic E-state index is 0.114. The van der Waals surface area contributed by atoms with Crippen LogP contribution in [0.5, 0.6) is 17.4 Å². The fourth-order valence-electron chi connectivity index (χ4n) is 2.66. The van der Waals surface area contributed by atoms with E-state index in [1.165, 1.54) is 6.26 Å². The normalized spacial score (nSPS) is 11.2. The van der Waals surface area contributed by atoms with Crippen LogP contribution in [-0.4, -0.2) is 22.9 Å². The molecule has 0 amide bonds. The molecule has 2 aromatic heterocycles. The lowest BCUT2D eigenvalue weighted by Crippen LogP contribution is -2.14. The molecule has 0 aliphatic carbocycles. The first-order valence-corrected chi connectivity index (χ1v) is 9.45. The fourth-order valence-corrected chi connectivity index (χ4v) is 2.66. The van der Waals surface area contributed by atoms with E-state index in [0.29, 0.717) is 28.8 Å². The highest BCUT2D eigenvalue weighted by Crippen LogP contribution is 2.22. The average molecular weight is 416 g/mol. The topological polar surface area (TPSA) is 105 Å². The van der Waals surface area contributed by atoms with Gasteiger partial charge in [-0.2, -0.15) is 0 Å². The number of hydrogen-bond donors (Lipinski definition) is 1. The van der Waals surface area contributed by atoms with Crippen LogP contribution in [0, 0.1) is 0 Å². The second kappa shape index (κ2) is 9.45. The Hall–Kier alpha value is -4.33. The Morgan fingerprint density at radius 1 is 1.00 bits per heavy atom. The number of benzene rings is 2. The number of rotatable bonds is 8. The van der Waals surface area contributed by atoms with E-state index in [1.54, 1.807) is 25.4 Å². The largest absolute Gasteiger partial charge is 0.497 e. The average Bonchev–Trinajstić information content (AvgIpc) is 3.29. The van der Waals surface area contributed by atoms with Gasteiger partial charge in [0.25, 0.3) is 0 Å². The summed E-state index contributed by atoms with van der Waals surface area (Å²) in [6, 6.07) is 20.3. The zero-order valence-corrected chi connectivity index (χ0v) is 16.8. The van der Waals surface area contributed by atoms with Crippen LogP contribution in [0.4, 0.5) is 0 Å². The van der Waals surface area contributed by atoms with E-state index in [4.69, 9.17) is 24.5 Å². The lowest BCUT2D eigenvalue weighted by molar-refractivity contribution is 0.127. The summed E-state index contributed by atoms with van der Waals surface area (Å²) in [6.07, 6.45) is 3.08. The van der Waals surface area contributed by atoms with E-state index in [-0.39, 0.29) is 12.4 Å². The predicted molar refractivity (Wildman–Crippen MR) is 115 cm³/mol. The molecule has 0 saturated carbocycles. The summed E-state index contributed by atoms with van der Waals surface area (Å²) < 4.78 is 16.3. The lowest BCUT2D eigenvalue weighted by Gasteiger charge is -2.05. The second-order valence-electron chi connectivity index (χ2n) is 6.42. The fraction of sp³-hybridized carbons (Fsp3) is 0.0870. The molecule has 31 heavy (non-hydrogen) atoms. The minimum absolute atomic E-state index is 0.114. The first-order chi connectivity index (χ1) is 15.2. The number of oxime groups is 1. The zero-order valence-electron chi connectivity index (χ0n) is 16.8. The van der Waals surface area contributed by atoms with Crippen LogP contribution in [0.1, 0.15) is 11.3 Å². The van der Waals surface area contributed by atoms with E-state index in [9.17, 15) is 0 Å². The Labute approximate surface area is 178 Å². The molecular weight excluding hydrogens is 396 g/mol. The Balaban J connectivity index is 1.33. The lowest BCUT2D eigenvalue weighted by atomic mass is 10.2. The molecule has 2 N–H and O–H groups in total. The SMILES string of the molecule is COc1ccc(-c2nc(CO/N=C(\N)c3ccc(Oc4ccccc4)nc3)co2)cc1. The van der Waals surface area contributed by atoms with E-state index in [1.807, 2.05) is 54.6 Å². The number of oxazole rings is 1. The van der Waals surface area contributed by atoms with Crippen molar-refractivity contribution in [2.24, 2.45) is 10.9 Å². The summed E-state index contributed by atoms with van der Waals surface area (Å²) >= 11 is 0. The maximum Gasteiger partial charge on any atom is 0.226 e. The van der Waals surface area contributed by atoms with E-state index >= 15 is 0 Å². The van der Waals surface area contributed by atoms with Gasteiger partial charge >= 0.3 is 0 Å². The molecule has 0 aliphatic rings. The molecule has 0 bridgehead atoms. The van der Waals surface area contributed by atoms with Gasteiger partial charge in [-0.1, -0.05) is 23.4 Å². The molecule has 2 heterocycles. The molecule has 8 heteroatoms. The zero-order chi connectivity index (χ0) is 21.5. The Morgan fingerprint density at radius 3 is 2.52 bits per heavy atom. The van der Waals surface area contributed by atoms with Gasteiger partial charge in [-0.15, -0.1) is 0 Å². The highest BCUT2D eigenvalue weighted by Gasteiger charge is 2.08. The number of nitrogens with zero attached hydrogens (tertiary/aromatic N) is 3. The van der Waals surface area contributed by atoms with Crippen molar-refractivity contribution < 1.29 is 18.7 Å². The molecule has 2 aromatic carbocycles. The van der Waals surface area contributed by atoms with E-state index < -0.39 is 0 Å². The highest BCUT2D eigenvalue weighted by atomic mass is 16.6. The van der Waals surface area contributed by atoms with Crippen molar-refractivity contribution in [2.45, 2.75) is 6.61 Å². The number of hydrogen-bond acceptors (Lipinski definition) is 7. The number of methoxy groups -OCH3 is 1. The molecule has 156 valence electrons. The molecule has 4 aromatic rings. The molecular formula is C23H20N4O4. The maximum atomic E-state index is 5.97. The first kappa shape index (κ1) is 20.0. The summed E-state index contributed by atoms with van der Waals surface area (Å²) in [5.41, 5.74) is 8.01. The van der Waals surface area contributed by atoms with Crippen LogP contribution in [0.2, 0.25) is 0 Å². The molecule has 0 spiro atoms. The molecule has 0 radical (unpaired) electrons. The molecule has 0 aliphatic heterocycles. The van der Waals surface area contributed by atoms with Crippen molar-refractivity contribution >= 4 is 5.84 Å². The standard InChI is InChI=1S/C23H20N4O4/c1-28-19-10-7-16(8-11-19)23-26-18(14-29-23)15-30-27-22(24)17-9-12-21(25-13-17)31-20-5-3-2-4-6-20/h2-14H,15H2,1H3,(H2,24,27). The quantitative estimate of drug-likeness (QED) is 0.258. The van der Waals surface area contributed by atoms with E-state index in [2.05, 4.69) is 15.1 Å². The van der Waals surface area contributed by atoms with Crippen LogP contribution < -0.4 is 15.2 Å². The minimum Gasteiger partial charge on any atom is -0.497 e. The van der Waals surface area contributed by atoms with Crippen LogP contribution in [0.3, 0.4) is 0 Å². The van der Waals surface area contributed by atoms with Crippen molar-refractivity contribution in [3.63, 3.8) is 0 Å². The van der Waals surface area contributed by atoms with Gasteiger partial charge in [0.15, 0.2) is 12.4 Å². The summed E-state index contributed by atoms with van der Waals surface area (Å²) in [7, 11) is 1.62. The molecule has 0 fully saturated rings. The van der Waals surface area contributed by atoms with Gasteiger partial charge in [0.1, 0.15) is 23.5 Å². The first-order valence-electron chi connectivity index (χ1n) is 9.45. The molecule has 0 unspecified atom stereocenters.